The van der Waals surface area contributed by atoms with E-state index in [1.807, 2.05) is 0 Å². The van der Waals surface area contributed by atoms with Crippen LogP contribution in [0.1, 0.15) is 52.4 Å². The summed E-state index contributed by atoms with van der Waals surface area (Å²) >= 11 is 0. The van der Waals surface area contributed by atoms with E-state index >= 15 is 0 Å². The molecule has 0 bridgehead atoms. The van der Waals surface area contributed by atoms with Crippen LogP contribution in [0.2, 0.25) is 0 Å². The normalized spacial score (nSPS) is 11.7. The van der Waals surface area contributed by atoms with Crippen LogP contribution in [0.3, 0.4) is 0 Å². The number of rotatable bonds is 9. The Kier molecular flexibility index (Phi) is 9.48. The van der Waals surface area contributed by atoms with Gasteiger partial charge in [-0.1, -0.05) is 33.1 Å². The predicted octanol–water partition coefficient (Wildman–Crippen LogP) is 1.89. The molecule has 19 heavy (non-hydrogen) atoms. The summed E-state index contributed by atoms with van der Waals surface area (Å²) in [6.45, 7) is 4.72. The second-order valence-corrected chi connectivity index (χ2v) is 4.57. The summed E-state index contributed by atoms with van der Waals surface area (Å²) in [5.74, 6) is -1.21. The van der Waals surface area contributed by atoms with Crippen molar-refractivity contribution in [3.8, 4) is 0 Å². The molecule has 0 saturated carbocycles. The first-order valence-corrected chi connectivity index (χ1v) is 6.79. The molecule has 0 radical (unpaired) electrons. The summed E-state index contributed by atoms with van der Waals surface area (Å²) in [5.41, 5.74) is 0. The third-order valence-electron chi connectivity index (χ3n) is 2.91. The zero-order valence-electron chi connectivity index (χ0n) is 11.7. The first-order chi connectivity index (χ1) is 8.99. The molecule has 1 unspecified atom stereocenters. The fourth-order valence-corrected chi connectivity index (χ4v) is 1.63. The number of aliphatic carboxylic acids is 1. The summed E-state index contributed by atoms with van der Waals surface area (Å²) in [6, 6.07) is -0.551. The van der Waals surface area contributed by atoms with E-state index in [-0.39, 0.29) is 12.8 Å². The smallest absolute Gasteiger partial charge is 0.321 e. The fraction of sp³-hybridized carbons (Fsp3) is 0.769. The second-order valence-electron chi connectivity index (χ2n) is 4.57. The quantitative estimate of drug-likeness (QED) is 0.597. The average molecular weight is 272 g/mol. The van der Waals surface area contributed by atoms with Crippen molar-refractivity contribution in [2.24, 2.45) is 5.92 Å². The summed E-state index contributed by atoms with van der Waals surface area (Å²) < 4.78 is 0. The lowest BCUT2D eigenvalue weighted by molar-refractivity contribution is -0.138. The van der Waals surface area contributed by atoms with Crippen molar-refractivity contribution in [1.29, 1.82) is 0 Å². The van der Waals surface area contributed by atoms with E-state index in [1.54, 1.807) is 0 Å². The molecular weight excluding hydrogens is 248 g/mol. The molecule has 0 aliphatic heterocycles. The highest BCUT2D eigenvalue weighted by molar-refractivity contribution is 5.95. The Bertz CT molecular complexity index is 305. The number of carbonyl (C=O) groups is 3. The van der Waals surface area contributed by atoms with Gasteiger partial charge in [-0.05, 0) is 12.3 Å². The molecule has 0 fully saturated rings. The standard InChI is InChI=1S/C13H24N2O4/c1-3-5-6-10(4-2)9-14-13(19)15-11(16)7-8-12(17)18/h10H,3-9H2,1-2H3,(H,17,18)(H2,14,15,16,19). The maximum atomic E-state index is 11.4. The van der Waals surface area contributed by atoms with Gasteiger partial charge in [-0.2, -0.15) is 0 Å². The Morgan fingerprint density at radius 1 is 1.16 bits per heavy atom. The van der Waals surface area contributed by atoms with Crippen molar-refractivity contribution in [2.75, 3.05) is 6.54 Å². The third-order valence-corrected chi connectivity index (χ3v) is 2.91. The maximum Gasteiger partial charge on any atom is 0.321 e. The van der Waals surface area contributed by atoms with Crippen molar-refractivity contribution >= 4 is 17.9 Å². The molecule has 0 aromatic heterocycles. The average Bonchev–Trinajstić information content (AvgIpc) is 2.36. The minimum Gasteiger partial charge on any atom is -0.481 e. The SMILES string of the molecule is CCCCC(CC)CNC(=O)NC(=O)CCC(=O)O. The van der Waals surface area contributed by atoms with Crippen molar-refractivity contribution in [2.45, 2.75) is 52.4 Å². The first-order valence-electron chi connectivity index (χ1n) is 6.79. The summed E-state index contributed by atoms with van der Waals surface area (Å²) in [4.78, 5) is 32.9. The topological polar surface area (TPSA) is 95.5 Å². The Labute approximate surface area is 113 Å². The zero-order valence-corrected chi connectivity index (χ0v) is 11.7. The minimum absolute atomic E-state index is 0.185. The maximum absolute atomic E-state index is 11.4. The van der Waals surface area contributed by atoms with Gasteiger partial charge in [0.15, 0.2) is 0 Å². The van der Waals surface area contributed by atoms with E-state index in [0.29, 0.717) is 12.5 Å². The minimum atomic E-state index is -1.05. The number of amides is 3. The van der Waals surface area contributed by atoms with Gasteiger partial charge in [-0.15, -0.1) is 0 Å². The van der Waals surface area contributed by atoms with Gasteiger partial charge in [0.05, 0.1) is 6.42 Å². The number of carbonyl (C=O) groups excluding carboxylic acids is 2. The van der Waals surface area contributed by atoms with E-state index in [2.05, 4.69) is 24.5 Å². The van der Waals surface area contributed by atoms with E-state index in [4.69, 9.17) is 5.11 Å². The monoisotopic (exact) mass is 272 g/mol. The highest BCUT2D eigenvalue weighted by Gasteiger charge is 2.11. The summed E-state index contributed by atoms with van der Waals surface area (Å²) in [7, 11) is 0. The van der Waals surface area contributed by atoms with Crippen molar-refractivity contribution in [1.82, 2.24) is 10.6 Å². The fourth-order valence-electron chi connectivity index (χ4n) is 1.63. The van der Waals surface area contributed by atoms with E-state index in [9.17, 15) is 14.4 Å². The molecule has 110 valence electrons. The van der Waals surface area contributed by atoms with Crippen LogP contribution in [0.4, 0.5) is 4.79 Å². The van der Waals surface area contributed by atoms with Crippen LogP contribution in [0.5, 0.6) is 0 Å². The van der Waals surface area contributed by atoms with Crippen LogP contribution in [0.15, 0.2) is 0 Å². The largest absolute Gasteiger partial charge is 0.481 e. The van der Waals surface area contributed by atoms with Crippen LogP contribution in [-0.4, -0.2) is 29.6 Å². The molecule has 0 rings (SSSR count). The Balaban J connectivity index is 3.83. The van der Waals surface area contributed by atoms with Gasteiger partial charge in [0.1, 0.15) is 0 Å². The predicted molar refractivity (Wildman–Crippen MR) is 71.7 cm³/mol. The van der Waals surface area contributed by atoms with Crippen LogP contribution >= 0.6 is 0 Å². The number of carboxylic acid groups (broad SMARTS) is 1. The van der Waals surface area contributed by atoms with Crippen molar-refractivity contribution in [3.05, 3.63) is 0 Å². The van der Waals surface area contributed by atoms with Gasteiger partial charge in [-0.3, -0.25) is 14.9 Å². The molecule has 0 saturated heterocycles. The summed E-state index contributed by atoms with van der Waals surface area (Å²) in [6.07, 6.45) is 3.83. The molecule has 0 heterocycles. The van der Waals surface area contributed by atoms with Gasteiger partial charge in [0, 0.05) is 13.0 Å². The van der Waals surface area contributed by atoms with Gasteiger partial charge >= 0.3 is 12.0 Å². The molecular formula is C13H24N2O4. The third kappa shape index (κ3) is 10.1. The highest BCUT2D eigenvalue weighted by Crippen LogP contribution is 2.10. The molecule has 1 atom stereocenters. The van der Waals surface area contributed by atoms with Crippen LogP contribution < -0.4 is 10.6 Å². The molecule has 0 spiro atoms. The molecule has 3 N–H and O–H groups in total. The lowest BCUT2D eigenvalue weighted by Gasteiger charge is -2.15. The van der Waals surface area contributed by atoms with Crippen LogP contribution in [-0.2, 0) is 9.59 Å². The number of urea groups is 1. The van der Waals surface area contributed by atoms with Crippen LogP contribution in [0, 0.1) is 5.92 Å². The van der Waals surface area contributed by atoms with Gasteiger partial charge in [-0.25, -0.2) is 4.79 Å². The number of carboxylic acids is 1. The molecule has 6 heteroatoms. The van der Waals surface area contributed by atoms with Crippen LogP contribution in [0.25, 0.3) is 0 Å². The number of unbranched alkanes of at least 4 members (excludes halogenated alkanes) is 1. The van der Waals surface area contributed by atoms with E-state index in [1.165, 1.54) is 0 Å². The van der Waals surface area contributed by atoms with Crippen molar-refractivity contribution in [3.63, 3.8) is 0 Å². The van der Waals surface area contributed by atoms with E-state index < -0.39 is 17.9 Å². The lowest BCUT2D eigenvalue weighted by Crippen LogP contribution is -2.41. The number of nitrogens with one attached hydrogen (secondary N) is 2. The first kappa shape index (κ1) is 17.4. The molecule has 0 aromatic rings. The second kappa shape index (κ2) is 10.3. The van der Waals surface area contributed by atoms with Gasteiger partial charge in [0.2, 0.25) is 5.91 Å². The molecule has 0 aliphatic carbocycles. The number of hydrogen-bond acceptors (Lipinski definition) is 3. The zero-order chi connectivity index (χ0) is 14.7. The number of hydrogen-bond donors (Lipinski definition) is 3. The highest BCUT2D eigenvalue weighted by atomic mass is 16.4. The van der Waals surface area contributed by atoms with Gasteiger partial charge < -0.3 is 10.4 Å². The molecule has 6 nitrogen and oxygen atoms in total. The summed E-state index contributed by atoms with van der Waals surface area (Å²) in [5, 5.41) is 13.2. The molecule has 0 aliphatic rings. The number of imide groups is 1. The Morgan fingerprint density at radius 3 is 2.37 bits per heavy atom. The molecule has 3 amide bonds. The van der Waals surface area contributed by atoms with Gasteiger partial charge in [0.25, 0.3) is 0 Å². The Hall–Kier alpha value is -1.59. The van der Waals surface area contributed by atoms with E-state index in [0.717, 1.165) is 25.7 Å². The van der Waals surface area contributed by atoms with Crippen molar-refractivity contribution < 1.29 is 19.5 Å². The lowest BCUT2D eigenvalue weighted by atomic mass is 9.99. The Morgan fingerprint density at radius 2 is 1.84 bits per heavy atom. The molecule has 0 aromatic carbocycles.